The van der Waals surface area contributed by atoms with Gasteiger partial charge in [0.2, 0.25) is 0 Å². The Hall–Kier alpha value is -3.12. The summed E-state index contributed by atoms with van der Waals surface area (Å²) in [5, 5.41) is 0.796. The van der Waals surface area contributed by atoms with Crippen LogP contribution in [-0.4, -0.2) is 76.9 Å². The lowest BCUT2D eigenvalue weighted by molar-refractivity contribution is -0.163. The highest BCUT2D eigenvalue weighted by atomic mass is 35.5. The van der Waals surface area contributed by atoms with Crippen LogP contribution in [-0.2, 0) is 34.3 Å². The Morgan fingerprint density at radius 2 is 1.91 bits per heavy atom. The average molecular weight is 630 g/mol. The minimum atomic E-state index is -0.458. The third-order valence-electron chi connectivity index (χ3n) is 8.09. The lowest BCUT2D eigenvalue weighted by Crippen LogP contribution is -2.41. The van der Waals surface area contributed by atoms with E-state index in [1.807, 2.05) is 12.2 Å². The van der Waals surface area contributed by atoms with E-state index >= 15 is 0 Å². The van der Waals surface area contributed by atoms with Crippen molar-refractivity contribution in [3.63, 3.8) is 0 Å². The number of hydrogen-bond acceptors (Lipinski definition) is 8. The van der Waals surface area contributed by atoms with E-state index in [0.29, 0.717) is 25.3 Å². The van der Waals surface area contributed by atoms with E-state index in [0.717, 1.165) is 61.4 Å². The molecule has 2 unspecified atom stereocenters. The van der Waals surface area contributed by atoms with E-state index in [1.165, 1.54) is 14.7 Å². The van der Waals surface area contributed by atoms with Crippen molar-refractivity contribution in [3.8, 4) is 6.01 Å². The number of ether oxygens (including phenoxy) is 4. The summed E-state index contributed by atoms with van der Waals surface area (Å²) in [7, 11) is 5.73. The molecule has 1 saturated heterocycles. The van der Waals surface area contributed by atoms with Gasteiger partial charge in [-0.1, -0.05) is 30.2 Å². The maximum absolute atomic E-state index is 13.9. The van der Waals surface area contributed by atoms with E-state index in [2.05, 4.69) is 43.1 Å². The average Bonchev–Trinajstić information content (AvgIpc) is 3.36. The van der Waals surface area contributed by atoms with Crippen molar-refractivity contribution in [1.82, 2.24) is 23.6 Å². The van der Waals surface area contributed by atoms with Gasteiger partial charge in [0.05, 0.1) is 13.2 Å². The van der Waals surface area contributed by atoms with Crippen LogP contribution in [0.2, 0.25) is 0 Å². The first-order chi connectivity index (χ1) is 21.2. The quantitative estimate of drug-likeness (QED) is 0.306. The van der Waals surface area contributed by atoms with Gasteiger partial charge in [0.15, 0.2) is 17.5 Å². The van der Waals surface area contributed by atoms with Gasteiger partial charge < -0.3 is 23.8 Å². The molecule has 2 aromatic heterocycles. The summed E-state index contributed by atoms with van der Waals surface area (Å²) in [5.74, 6) is 1.000. The molecule has 5 rings (SSSR count). The molecule has 0 bridgehead atoms. The Kier molecular flexibility index (Phi) is 10.8. The van der Waals surface area contributed by atoms with Crippen LogP contribution in [0, 0.1) is 5.92 Å². The third-order valence-corrected chi connectivity index (χ3v) is 8.59. The summed E-state index contributed by atoms with van der Waals surface area (Å²) in [5.41, 5.74) is 2.09. The monoisotopic (exact) mass is 629 g/mol. The highest BCUT2D eigenvalue weighted by Crippen LogP contribution is 2.30. The summed E-state index contributed by atoms with van der Waals surface area (Å²) in [6.07, 6.45) is 13.3. The van der Waals surface area contributed by atoms with Crippen LogP contribution in [0.3, 0.4) is 0 Å². The Labute approximate surface area is 263 Å². The first-order valence-corrected chi connectivity index (χ1v) is 15.9. The van der Waals surface area contributed by atoms with Crippen LogP contribution >= 0.6 is 11.6 Å². The van der Waals surface area contributed by atoms with Gasteiger partial charge >= 0.3 is 5.69 Å². The van der Waals surface area contributed by atoms with Crippen molar-refractivity contribution in [2.75, 3.05) is 47.1 Å². The lowest BCUT2D eigenvalue weighted by Gasteiger charge is -2.22. The number of fused-ring (bicyclic) bond motifs is 1. The summed E-state index contributed by atoms with van der Waals surface area (Å²) in [6, 6.07) is 0.260. The number of aryl methyl sites for hydroxylation is 1. The van der Waals surface area contributed by atoms with Gasteiger partial charge in [0.25, 0.3) is 11.6 Å². The second-order valence-electron chi connectivity index (χ2n) is 12.0. The molecule has 12 heteroatoms. The topological polar surface area (TPSA) is 102 Å². The fraction of sp³-hybridized carbons (Fsp3) is 0.594. The molecule has 0 N–H and O–H groups in total. The van der Waals surface area contributed by atoms with E-state index < -0.39 is 11.2 Å². The normalized spacial score (nSPS) is 20.8. The number of nitrogens with zero attached hydrogens (tertiary/aromatic N) is 5. The molecule has 2 aromatic rings. The summed E-state index contributed by atoms with van der Waals surface area (Å²) in [4.78, 5) is 33.9. The van der Waals surface area contributed by atoms with Crippen LogP contribution in [0.5, 0.6) is 6.01 Å². The minimum Gasteiger partial charge on any atom is -0.490 e. The first-order valence-electron chi connectivity index (χ1n) is 15.5. The van der Waals surface area contributed by atoms with Crippen LogP contribution < -0.4 is 16.0 Å². The third kappa shape index (κ3) is 7.74. The zero-order chi connectivity index (χ0) is 31.2. The Morgan fingerprint density at radius 3 is 2.66 bits per heavy atom. The lowest BCUT2D eigenvalue weighted by atomic mass is 9.95. The van der Waals surface area contributed by atoms with Gasteiger partial charge in [-0.25, -0.2) is 4.79 Å². The maximum Gasteiger partial charge on any atom is 0.332 e. The minimum absolute atomic E-state index is 0.104. The standard InChI is InChI=1S/C32H44ClN5O6/c1-22-18-24(11-12-26(22)33)21-38-28-29(34-31(38)44-17-16-41-25-9-7-8-23(19-25)20-35(2)3)36(4)32(40)37(30(28)39)13-15-43-27-10-5-6-14-42-27/h9,11-12,19,22,27H,5-8,10,13-18,20-21H2,1-4H3. The zero-order valence-electron chi connectivity index (χ0n) is 26.2. The number of rotatable bonds is 13. The molecular formula is C32H44ClN5O6. The van der Waals surface area contributed by atoms with Crippen molar-refractivity contribution in [2.45, 2.75) is 64.8 Å². The highest BCUT2D eigenvalue weighted by Gasteiger charge is 2.24. The molecule has 2 aliphatic carbocycles. The Bertz CT molecular complexity index is 1570. The summed E-state index contributed by atoms with van der Waals surface area (Å²) >= 11 is 6.35. The molecule has 1 aliphatic heterocycles. The number of imidazole rings is 1. The number of allylic oxidation sites excluding steroid dienone is 6. The smallest absolute Gasteiger partial charge is 0.332 e. The molecule has 1 fully saturated rings. The number of hydrogen-bond donors (Lipinski definition) is 0. The first kappa shape index (κ1) is 32.3. The largest absolute Gasteiger partial charge is 0.490 e. The van der Waals surface area contributed by atoms with Crippen LogP contribution in [0.1, 0.15) is 45.4 Å². The van der Waals surface area contributed by atoms with Crippen molar-refractivity contribution >= 4 is 22.8 Å². The van der Waals surface area contributed by atoms with Crippen LogP contribution in [0.15, 0.2) is 55.8 Å². The molecule has 44 heavy (non-hydrogen) atoms. The fourth-order valence-corrected chi connectivity index (χ4v) is 5.96. The molecule has 0 spiro atoms. The molecule has 3 heterocycles. The van der Waals surface area contributed by atoms with Crippen molar-refractivity contribution in [3.05, 3.63) is 67.1 Å². The Morgan fingerprint density at radius 1 is 1.09 bits per heavy atom. The van der Waals surface area contributed by atoms with Crippen molar-refractivity contribution < 1.29 is 18.9 Å². The van der Waals surface area contributed by atoms with Crippen LogP contribution in [0.4, 0.5) is 0 Å². The molecule has 240 valence electrons. The molecule has 2 atom stereocenters. The molecule has 0 aromatic carbocycles. The number of halogens is 1. The number of likely N-dealkylation sites (N-methyl/N-ethyl adjacent to an activating group) is 1. The molecule has 3 aliphatic rings. The Balaban J connectivity index is 1.38. The van der Waals surface area contributed by atoms with Crippen molar-refractivity contribution in [2.24, 2.45) is 13.0 Å². The molecule has 0 radical (unpaired) electrons. The molecule has 0 saturated carbocycles. The highest BCUT2D eigenvalue weighted by molar-refractivity contribution is 6.30. The van der Waals surface area contributed by atoms with E-state index in [4.69, 9.17) is 30.5 Å². The number of aromatic nitrogens is 4. The second kappa shape index (κ2) is 14.8. The van der Waals surface area contributed by atoms with E-state index in [9.17, 15) is 9.59 Å². The van der Waals surface area contributed by atoms with Crippen molar-refractivity contribution in [1.29, 1.82) is 0 Å². The zero-order valence-corrected chi connectivity index (χ0v) is 27.0. The summed E-state index contributed by atoms with van der Waals surface area (Å²) < 4.78 is 28.0. The predicted molar refractivity (Wildman–Crippen MR) is 170 cm³/mol. The van der Waals surface area contributed by atoms with Gasteiger partial charge in [-0.2, -0.15) is 4.98 Å². The molecule has 11 nitrogen and oxygen atoms in total. The van der Waals surface area contributed by atoms with Gasteiger partial charge in [0, 0.05) is 31.8 Å². The molecular weight excluding hydrogens is 586 g/mol. The predicted octanol–water partition coefficient (Wildman–Crippen LogP) is 4.09. The SMILES string of the molecule is CC1CC(Cn2c(OCCOC3=CCCC(CN(C)C)=C3)nc3c2c(=O)n(CCOC2CCCCO2)c(=O)n3C)=CC=C1Cl. The maximum atomic E-state index is 13.9. The van der Waals surface area contributed by atoms with E-state index in [1.54, 1.807) is 11.6 Å². The van der Waals surface area contributed by atoms with Gasteiger partial charge in [0.1, 0.15) is 19.0 Å². The van der Waals surface area contributed by atoms with Gasteiger partial charge in [-0.3, -0.25) is 18.5 Å². The van der Waals surface area contributed by atoms with Gasteiger partial charge in [-0.15, -0.1) is 0 Å². The van der Waals surface area contributed by atoms with Crippen LogP contribution in [0.25, 0.3) is 11.2 Å². The van der Waals surface area contributed by atoms with Gasteiger partial charge in [-0.05, 0) is 82.3 Å². The summed E-state index contributed by atoms with van der Waals surface area (Å²) in [6.45, 7) is 4.81. The fourth-order valence-electron chi connectivity index (χ4n) is 5.82. The molecule has 0 amide bonds. The van der Waals surface area contributed by atoms with E-state index in [-0.39, 0.29) is 43.6 Å². The second-order valence-corrected chi connectivity index (χ2v) is 12.4.